The molecule has 1 aromatic carbocycles. The molecule has 1 fully saturated rings. The third-order valence-corrected chi connectivity index (χ3v) is 3.44. The van der Waals surface area contributed by atoms with E-state index in [0.717, 1.165) is 18.5 Å². The Balaban J connectivity index is 2.26. The Bertz CT molecular complexity index is 444. The molecule has 1 aromatic rings. The normalized spacial score (nSPS) is 15.2. The highest BCUT2D eigenvalue weighted by atomic mass is 16.4. The minimum absolute atomic E-state index is 0.0661. The number of nitrogen functional groups attached to an aromatic ring is 1. The van der Waals surface area contributed by atoms with Crippen LogP contribution in [-0.4, -0.2) is 35.4 Å². The minimum Gasteiger partial charge on any atom is -0.478 e. The first-order valence-corrected chi connectivity index (χ1v) is 6.14. The molecule has 0 unspecified atom stereocenters. The molecule has 5 heteroatoms. The van der Waals surface area contributed by atoms with Crippen LogP contribution in [0.1, 0.15) is 29.6 Å². The molecule has 4 N–H and O–H groups in total. The molecule has 98 valence electrons. The van der Waals surface area contributed by atoms with Crippen LogP contribution in [-0.2, 0) is 0 Å². The van der Waals surface area contributed by atoms with Gasteiger partial charge in [0.15, 0.2) is 0 Å². The first-order valence-electron chi connectivity index (χ1n) is 6.14. The van der Waals surface area contributed by atoms with Crippen molar-refractivity contribution in [2.24, 2.45) is 0 Å². The number of benzene rings is 1. The number of nitrogens with two attached hydrogens (primary N) is 1. The van der Waals surface area contributed by atoms with Crippen molar-refractivity contribution in [1.82, 2.24) is 0 Å². The quantitative estimate of drug-likeness (QED) is 0.686. The zero-order valence-electron chi connectivity index (χ0n) is 10.2. The molecule has 0 saturated heterocycles. The molecule has 1 saturated carbocycles. The SMILES string of the molecule is Nc1cc(C(=O)O)ccc1N(CCO)C1CCC1. The lowest BCUT2D eigenvalue weighted by Crippen LogP contribution is -2.42. The van der Waals surface area contributed by atoms with Crippen molar-refractivity contribution in [2.75, 3.05) is 23.8 Å². The predicted octanol–water partition coefficient (Wildman–Crippen LogP) is 1.32. The van der Waals surface area contributed by atoms with Gasteiger partial charge in [-0.25, -0.2) is 4.79 Å². The Morgan fingerprint density at radius 2 is 2.17 bits per heavy atom. The lowest BCUT2D eigenvalue weighted by Gasteiger charge is -2.39. The van der Waals surface area contributed by atoms with Crippen LogP contribution < -0.4 is 10.6 Å². The monoisotopic (exact) mass is 250 g/mol. The third-order valence-electron chi connectivity index (χ3n) is 3.44. The van der Waals surface area contributed by atoms with Gasteiger partial charge in [0.1, 0.15) is 0 Å². The van der Waals surface area contributed by atoms with Gasteiger partial charge >= 0.3 is 5.97 Å². The van der Waals surface area contributed by atoms with Crippen LogP contribution in [0.15, 0.2) is 18.2 Å². The first-order chi connectivity index (χ1) is 8.63. The van der Waals surface area contributed by atoms with E-state index >= 15 is 0 Å². The minimum atomic E-state index is -0.981. The van der Waals surface area contributed by atoms with Crippen molar-refractivity contribution in [3.05, 3.63) is 23.8 Å². The summed E-state index contributed by atoms with van der Waals surface area (Å²) in [4.78, 5) is 12.9. The number of carboxylic acid groups (broad SMARTS) is 1. The Kier molecular flexibility index (Phi) is 3.72. The highest BCUT2D eigenvalue weighted by Gasteiger charge is 2.26. The average molecular weight is 250 g/mol. The van der Waals surface area contributed by atoms with Gasteiger partial charge in [0, 0.05) is 12.6 Å². The third kappa shape index (κ3) is 2.41. The Morgan fingerprint density at radius 1 is 1.44 bits per heavy atom. The maximum Gasteiger partial charge on any atom is 0.335 e. The van der Waals surface area contributed by atoms with Crippen molar-refractivity contribution in [1.29, 1.82) is 0 Å². The number of aliphatic hydroxyl groups excluding tert-OH is 1. The standard InChI is InChI=1S/C13H18N2O3/c14-11-8-9(13(17)18)4-5-12(11)15(6-7-16)10-2-1-3-10/h4-5,8,10,16H,1-3,6-7,14H2,(H,17,18). The molecule has 1 aliphatic rings. The summed E-state index contributed by atoms with van der Waals surface area (Å²) in [6.07, 6.45) is 3.39. The fraction of sp³-hybridized carbons (Fsp3) is 0.462. The van der Waals surface area contributed by atoms with Crippen molar-refractivity contribution in [2.45, 2.75) is 25.3 Å². The van der Waals surface area contributed by atoms with Gasteiger partial charge in [0.05, 0.1) is 23.5 Å². The Morgan fingerprint density at radius 3 is 2.61 bits per heavy atom. The number of anilines is 2. The van der Waals surface area contributed by atoms with Crippen LogP contribution in [0.25, 0.3) is 0 Å². The summed E-state index contributed by atoms with van der Waals surface area (Å²) in [5.41, 5.74) is 7.38. The van der Waals surface area contributed by atoms with Gasteiger partial charge in [-0.1, -0.05) is 0 Å². The average Bonchev–Trinajstić information content (AvgIpc) is 2.26. The first kappa shape index (κ1) is 12.7. The molecule has 18 heavy (non-hydrogen) atoms. The fourth-order valence-electron chi connectivity index (χ4n) is 2.25. The Labute approximate surface area is 106 Å². The summed E-state index contributed by atoms with van der Waals surface area (Å²) >= 11 is 0. The number of hydrogen-bond acceptors (Lipinski definition) is 4. The summed E-state index contributed by atoms with van der Waals surface area (Å²) in [6.45, 7) is 0.595. The van der Waals surface area contributed by atoms with E-state index in [0.29, 0.717) is 18.3 Å². The van der Waals surface area contributed by atoms with Gasteiger partial charge in [-0.3, -0.25) is 0 Å². The molecule has 0 spiro atoms. The summed E-state index contributed by atoms with van der Waals surface area (Å²) in [5.74, 6) is -0.981. The molecule has 1 aliphatic carbocycles. The highest BCUT2D eigenvalue weighted by molar-refractivity contribution is 5.90. The molecule has 5 nitrogen and oxygen atoms in total. The maximum atomic E-state index is 10.9. The predicted molar refractivity (Wildman–Crippen MR) is 69.9 cm³/mol. The zero-order chi connectivity index (χ0) is 13.1. The van der Waals surface area contributed by atoms with Crippen LogP contribution in [0.2, 0.25) is 0 Å². The molecule has 0 heterocycles. The van der Waals surface area contributed by atoms with Gasteiger partial charge in [-0.2, -0.15) is 0 Å². The number of carboxylic acids is 1. The fourth-order valence-corrected chi connectivity index (χ4v) is 2.25. The largest absolute Gasteiger partial charge is 0.478 e. The van der Waals surface area contributed by atoms with Crippen LogP contribution in [0, 0.1) is 0 Å². The zero-order valence-corrected chi connectivity index (χ0v) is 10.2. The van der Waals surface area contributed by atoms with Crippen molar-refractivity contribution in [3.63, 3.8) is 0 Å². The van der Waals surface area contributed by atoms with E-state index < -0.39 is 5.97 Å². The number of carbonyl (C=O) groups is 1. The van der Waals surface area contributed by atoms with Crippen LogP contribution >= 0.6 is 0 Å². The van der Waals surface area contributed by atoms with E-state index in [1.807, 2.05) is 0 Å². The van der Waals surface area contributed by atoms with Gasteiger partial charge in [-0.15, -0.1) is 0 Å². The highest BCUT2D eigenvalue weighted by Crippen LogP contribution is 2.33. The van der Waals surface area contributed by atoms with E-state index in [1.54, 1.807) is 12.1 Å². The van der Waals surface area contributed by atoms with Crippen molar-refractivity contribution in [3.8, 4) is 0 Å². The maximum absolute atomic E-state index is 10.9. The molecule has 2 rings (SSSR count). The lowest BCUT2D eigenvalue weighted by atomic mass is 9.91. The lowest BCUT2D eigenvalue weighted by molar-refractivity contribution is 0.0697. The Hall–Kier alpha value is -1.75. The molecule has 0 aromatic heterocycles. The number of nitrogens with zero attached hydrogens (tertiary/aromatic N) is 1. The summed E-state index contributed by atoms with van der Waals surface area (Å²) < 4.78 is 0. The topological polar surface area (TPSA) is 86.8 Å². The van der Waals surface area contributed by atoms with Gasteiger partial charge in [0.25, 0.3) is 0 Å². The van der Waals surface area contributed by atoms with Crippen LogP contribution in [0.3, 0.4) is 0 Å². The molecule has 0 bridgehead atoms. The summed E-state index contributed by atoms with van der Waals surface area (Å²) in [5, 5.41) is 18.0. The van der Waals surface area contributed by atoms with Crippen LogP contribution in [0.5, 0.6) is 0 Å². The van der Waals surface area contributed by atoms with E-state index in [4.69, 9.17) is 15.9 Å². The van der Waals surface area contributed by atoms with Gasteiger partial charge < -0.3 is 20.8 Å². The van der Waals surface area contributed by atoms with Crippen molar-refractivity contribution < 1.29 is 15.0 Å². The number of aliphatic hydroxyl groups is 1. The molecule has 0 amide bonds. The van der Waals surface area contributed by atoms with Gasteiger partial charge in [0.2, 0.25) is 0 Å². The van der Waals surface area contributed by atoms with Gasteiger partial charge in [-0.05, 0) is 37.5 Å². The van der Waals surface area contributed by atoms with E-state index in [1.165, 1.54) is 12.5 Å². The number of rotatable bonds is 5. The molecular formula is C13H18N2O3. The molecule has 0 aliphatic heterocycles. The summed E-state index contributed by atoms with van der Waals surface area (Å²) in [7, 11) is 0. The second-order valence-corrected chi connectivity index (χ2v) is 4.58. The van der Waals surface area contributed by atoms with Crippen LogP contribution in [0.4, 0.5) is 11.4 Å². The molecular weight excluding hydrogens is 232 g/mol. The van der Waals surface area contributed by atoms with E-state index in [2.05, 4.69) is 4.90 Å². The number of aromatic carboxylic acids is 1. The molecule has 0 radical (unpaired) electrons. The number of hydrogen-bond donors (Lipinski definition) is 3. The second kappa shape index (κ2) is 5.27. The molecule has 0 atom stereocenters. The van der Waals surface area contributed by atoms with Crippen molar-refractivity contribution >= 4 is 17.3 Å². The van der Waals surface area contributed by atoms with E-state index in [-0.39, 0.29) is 12.2 Å². The smallest absolute Gasteiger partial charge is 0.335 e. The second-order valence-electron chi connectivity index (χ2n) is 4.58. The van der Waals surface area contributed by atoms with E-state index in [9.17, 15) is 4.79 Å². The summed E-state index contributed by atoms with van der Waals surface area (Å²) in [6, 6.07) is 5.17.